The number of nitrogens with two attached hydrogens (primary N) is 1. The number of benzene rings is 1. The quantitative estimate of drug-likeness (QED) is 0.890. The van der Waals surface area contributed by atoms with Gasteiger partial charge in [-0.05, 0) is 30.9 Å². The third-order valence-electron chi connectivity index (χ3n) is 4.20. The van der Waals surface area contributed by atoms with Gasteiger partial charge in [0.25, 0.3) is 0 Å². The van der Waals surface area contributed by atoms with Crippen LogP contribution in [-0.2, 0) is 6.42 Å². The maximum absolute atomic E-state index is 6.21. The van der Waals surface area contributed by atoms with E-state index in [0.29, 0.717) is 0 Å². The minimum Gasteiger partial charge on any atom is -0.441 e. The highest BCUT2D eigenvalue weighted by Crippen LogP contribution is 2.29. The number of fused-ring (bicyclic) bond motifs is 1. The highest BCUT2D eigenvalue weighted by Gasteiger charge is 2.17. The Morgan fingerprint density at radius 3 is 2.84 bits per heavy atom. The van der Waals surface area contributed by atoms with Gasteiger partial charge in [0.15, 0.2) is 11.5 Å². The SMILES string of the molecule is NC(CCC1CCCC1)Cc1nc2ccccc2o1. The van der Waals surface area contributed by atoms with Crippen molar-refractivity contribution in [2.75, 3.05) is 0 Å². The van der Waals surface area contributed by atoms with Crippen LogP contribution in [-0.4, -0.2) is 11.0 Å². The average molecular weight is 258 g/mol. The van der Waals surface area contributed by atoms with E-state index in [1.165, 1.54) is 32.1 Å². The lowest BCUT2D eigenvalue weighted by Crippen LogP contribution is -2.23. The summed E-state index contributed by atoms with van der Waals surface area (Å²) >= 11 is 0. The number of oxazole rings is 1. The highest BCUT2D eigenvalue weighted by molar-refractivity contribution is 5.72. The van der Waals surface area contributed by atoms with E-state index in [4.69, 9.17) is 10.2 Å². The molecule has 1 aliphatic carbocycles. The van der Waals surface area contributed by atoms with E-state index in [2.05, 4.69) is 4.98 Å². The molecule has 3 nitrogen and oxygen atoms in total. The molecule has 0 radical (unpaired) electrons. The number of nitrogens with zero attached hydrogens (tertiary/aromatic N) is 1. The lowest BCUT2D eigenvalue weighted by Gasteiger charge is -2.12. The monoisotopic (exact) mass is 258 g/mol. The van der Waals surface area contributed by atoms with Crippen molar-refractivity contribution < 1.29 is 4.42 Å². The second-order valence-corrected chi connectivity index (χ2v) is 5.77. The lowest BCUT2D eigenvalue weighted by atomic mass is 9.97. The molecule has 1 aromatic heterocycles. The van der Waals surface area contributed by atoms with Crippen molar-refractivity contribution in [2.45, 2.75) is 51.0 Å². The topological polar surface area (TPSA) is 52.0 Å². The van der Waals surface area contributed by atoms with Gasteiger partial charge in [0.05, 0.1) is 0 Å². The van der Waals surface area contributed by atoms with Crippen LogP contribution in [0.4, 0.5) is 0 Å². The predicted octanol–water partition coefficient (Wildman–Crippen LogP) is 3.67. The Bertz CT molecular complexity index is 495. The predicted molar refractivity (Wildman–Crippen MR) is 76.9 cm³/mol. The third kappa shape index (κ3) is 3.16. The molecule has 0 spiro atoms. The standard InChI is InChI=1S/C16H22N2O/c17-13(10-9-12-5-1-2-6-12)11-16-18-14-7-3-4-8-15(14)19-16/h3-4,7-8,12-13H,1-2,5-6,9-11,17H2. The second-order valence-electron chi connectivity index (χ2n) is 5.77. The Labute approximate surface area is 114 Å². The van der Waals surface area contributed by atoms with Crippen molar-refractivity contribution in [3.05, 3.63) is 30.2 Å². The fraction of sp³-hybridized carbons (Fsp3) is 0.562. The molecule has 3 heteroatoms. The maximum Gasteiger partial charge on any atom is 0.197 e. The van der Waals surface area contributed by atoms with Gasteiger partial charge in [0.1, 0.15) is 5.52 Å². The fourth-order valence-corrected chi connectivity index (χ4v) is 3.08. The summed E-state index contributed by atoms with van der Waals surface area (Å²) in [5.74, 6) is 1.69. The summed E-state index contributed by atoms with van der Waals surface area (Å²) < 4.78 is 5.72. The Morgan fingerprint density at radius 2 is 2.05 bits per heavy atom. The summed E-state index contributed by atoms with van der Waals surface area (Å²) in [5.41, 5.74) is 8.00. The van der Waals surface area contributed by atoms with E-state index in [9.17, 15) is 0 Å². The van der Waals surface area contributed by atoms with Crippen LogP contribution in [0.25, 0.3) is 11.1 Å². The van der Waals surface area contributed by atoms with Crippen molar-refractivity contribution in [1.82, 2.24) is 4.98 Å². The molecule has 1 atom stereocenters. The first-order chi connectivity index (χ1) is 9.31. The van der Waals surface area contributed by atoms with Gasteiger partial charge < -0.3 is 10.2 Å². The molecule has 1 unspecified atom stereocenters. The molecule has 0 saturated heterocycles. The van der Waals surface area contributed by atoms with Gasteiger partial charge in [-0.1, -0.05) is 37.8 Å². The zero-order valence-corrected chi connectivity index (χ0v) is 11.3. The fourth-order valence-electron chi connectivity index (χ4n) is 3.08. The summed E-state index contributed by atoms with van der Waals surface area (Å²) in [6, 6.07) is 8.06. The van der Waals surface area contributed by atoms with E-state index in [1.807, 2.05) is 24.3 Å². The molecular weight excluding hydrogens is 236 g/mol. The summed E-state index contributed by atoms with van der Waals surface area (Å²) in [4.78, 5) is 4.49. The number of para-hydroxylation sites is 2. The molecule has 0 aliphatic heterocycles. The Balaban J connectivity index is 1.54. The van der Waals surface area contributed by atoms with Crippen LogP contribution in [0.5, 0.6) is 0 Å². The van der Waals surface area contributed by atoms with Gasteiger partial charge in [-0.25, -0.2) is 4.98 Å². The first-order valence-electron chi connectivity index (χ1n) is 7.41. The van der Waals surface area contributed by atoms with Crippen LogP contribution in [0.2, 0.25) is 0 Å². The smallest absolute Gasteiger partial charge is 0.197 e. The molecule has 2 N–H and O–H groups in total. The lowest BCUT2D eigenvalue weighted by molar-refractivity contribution is 0.424. The molecule has 19 heavy (non-hydrogen) atoms. The molecule has 0 amide bonds. The zero-order chi connectivity index (χ0) is 13.1. The molecule has 1 heterocycles. The number of aromatic nitrogens is 1. The van der Waals surface area contributed by atoms with Crippen molar-refractivity contribution in [3.63, 3.8) is 0 Å². The number of hydrogen-bond donors (Lipinski definition) is 1. The Kier molecular flexibility index (Phi) is 3.83. The summed E-state index contributed by atoms with van der Waals surface area (Å²) in [5, 5.41) is 0. The molecule has 1 saturated carbocycles. The van der Waals surface area contributed by atoms with Crippen molar-refractivity contribution in [2.24, 2.45) is 11.7 Å². The van der Waals surface area contributed by atoms with Crippen LogP contribution < -0.4 is 5.73 Å². The molecule has 2 aromatic rings. The molecule has 3 rings (SSSR count). The van der Waals surface area contributed by atoms with E-state index >= 15 is 0 Å². The van der Waals surface area contributed by atoms with Crippen molar-refractivity contribution in [1.29, 1.82) is 0 Å². The normalized spacial score (nSPS) is 18.2. The maximum atomic E-state index is 6.21. The third-order valence-corrected chi connectivity index (χ3v) is 4.20. The number of rotatable bonds is 5. The molecular formula is C16H22N2O. The van der Waals surface area contributed by atoms with Crippen molar-refractivity contribution >= 4 is 11.1 Å². The first-order valence-corrected chi connectivity index (χ1v) is 7.41. The van der Waals surface area contributed by atoms with Gasteiger partial charge >= 0.3 is 0 Å². The zero-order valence-electron chi connectivity index (χ0n) is 11.3. The minimum atomic E-state index is 0.175. The van der Waals surface area contributed by atoms with Gasteiger partial charge in [0.2, 0.25) is 0 Å². The summed E-state index contributed by atoms with van der Waals surface area (Å²) in [7, 11) is 0. The minimum absolute atomic E-state index is 0.175. The summed E-state index contributed by atoms with van der Waals surface area (Å²) in [6.45, 7) is 0. The van der Waals surface area contributed by atoms with Crippen LogP contribution in [0.3, 0.4) is 0 Å². The Morgan fingerprint density at radius 1 is 1.26 bits per heavy atom. The van der Waals surface area contributed by atoms with Gasteiger partial charge in [0, 0.05) is 12.5 Å². The summed E-state index contributed by atoms with van der Waals surface area (Å²) in [6.07, 6.45) is 8.72. The molecule has 102 valence electrons. The molecule has 0 bridgehead atoms. The number of hydrogen-bond acceptors (Lipinski definition) is 3. The van der Waals surface area contributed by atoms with Gasteiger partial charge in [-0.3, -0.25) is 0 Å². The second kappa shape index (κ2) is 5.74. The Hall–Kier alpha value is -1.35. The molecule has 1 fully saturated rings. The van der Waals surface area contributed by atoms with E-state index < -0.39 is 0 Å². The van der Waals surface area contributed by atoms with Crippen LogP contribution in [0.1, 0.15) is 44.4 Å². The van der Waals surface area contributed by atoms with Gasteiger partial charge in [-0.2, -0.15) is 0 Å². The largest absolute Gasteiger partial charge is 0.441 e. The highest BCUT2D eigenvalue weighted by atomic mass is 16.3. The average Bonchev–Trinajstić information content (AvgIpc) is 3.04. The van der Waals surface area contributed by atoms with E-state index in [-0.39, 0.29) is 6.04 Å². The van der Waals surface area contributed by atoms with E-state index in [0.717, 1.165) is 35.7 Å². The van der Waals surface area contributed by atoms with E-state index in [1.54, 1.807) is 0 Å². The molecule has 1 aliphatic rings. The van der Waals surface area contributed by atoms with Gasteiger partial charge in [-0.15, -0.1) is 0 Å². The van der Waals surface area contributed by atoms with Crippen LogP contribution >= 0.6 is 0 Å². The first kappa shape index (κ1) is 12.7. The van der Waals surface area contributed by atoms with Crippen molar-refractivity contribution in [3.8, 4) is 0 Å². The van der Waals surface area contributed by atoms with Crippen LogP contribution in [0.15, 0.2) is 28.7 Å². The van der Waals surface area contributed by atoms with Crippen LogP contribution in [0, 0.1) is 5.92 Å². The molecule has 1 aromatic carbocycles.